The highest BCUT2D eigenvalue weighted by Crippen LogP contribution is 2.47. The standard InChI is InChI=1S/C53H34N2.C45H30N6/c1-2-16-44(17-3-1)55-50-21-11-10-20-49(50)54-53(55)38-26-22-37(23-27-38)41-30-31-47-48(34-41)52(43-29-25-36-13-5-7-15-40(36)33-43)46-19-9-8-18-45(46)51(47)42-28-24-35-12-4-6-14-39(35)32-42;1-4-16-34(17-5-1)49-40-25-13-10-22-37(40)46-43(49)31-28-32(44-47-38-23-11-14-26-41(38)50(44)35-18-6-2-7-19-35)30-33(29-31)45-48-39-24-12-15-27-42(39)51(45)36-20-8-3-9-21-36/h1-34H;1-30H. The largest absolute Gasteiger partial charge is 0.292 e. The molecule has 21 aromatic rings. The average Bonchev–Trinajstić information content (AvgIpc) is 0.753. The van der Waals surface area contributed by atoms with Crippen molar-refractivity contribution in [3.05, 3.63) is 388 Å². The number of aromatic nitrogens is 8. The predicted molar refractivity (Wildman–Crippen MR) is 439 cm³/mol. The van der Waals surface area contributed by atoms with Crippen LogP contribution in [-0.2, 0) is 0 Å². The fourth-order valence-corrected chi connectivity index (χ4v) is 15.7. The Kier molecular flexibility index (Phi) is 15.0. The van der Waals surface area contributed by atoms with Crippen LogP contribution >= 0.6 is 0 Å². The Bertz CT molecular complexity index is 6600. The zero-order chi connectivity index (χ0) is 70.0. The molecule has 8 heteroatoms. The molecule has 0 amide bonds. The van der Waals surface area contributed by atoms with Crippen molar-refractivity contribution in [2.24, 2.45) is 0 Å². The molecule has 0 unspecified atom stereocenters. The third kappa shape index (κ3) is 10.8. The Morgan fingerprint density at radius 2 is 0.434 bits per heavy atom. The minimum Gasteiger partial charge on any atom is -0.292 e. The van der Waals surface area contributed by atoms with Crippen LogP contribution in [0.4, 0.5) is 0 Å². The lowest BCUT2D eigenvalue weighted by atomic mass is 9.84. The molecule has 4 heterocycles. The van der Waals surface area contributed by atoms with E-state index in [1.165, 1.54) is 70.9 Å². The van der Waals surface area contributed by atoms with Gasteiger partial charge in [0.2, 0.25) is 0 Å². The van der Waals surface area contributed by atoms with Crippen molar-refractivity contribution in [3.8, 4) is 102 Å². The number of para-hydroxylation sites is 12. The van der Waals surface area contributed by atoms with Gasteiger partial charge in [0.25, 0.3) is 0 Å². The summed E-state index contributed by atoms with van der Waals surface area (Å²) in [7, 11) is 0. The zero-order valence-corrected chi connectivity index (χ0v) is 57.5. The van der Waals surface area contributed by atoms with Crippen LogP contribution in [0.15, 0.2) is 388 Å². The molecule has 0 saturated carbocycles. The maximum atomic E-state index is 5.28. The Morgan fingerprint density at radius 1 is 0.160 bits per heavy atom. The highest BCUT2D eigenvalue weighted by atomic mass is 15.1. The second-order valence-corrected chi connectivity index (χ2v) is 26.9. The number of hydrogen-bond donors (Lipinski definition) is 0. The van der Waals surface area contributed by atoms with Crippen LogP contribution in [0.5, 0.6) is 0 Å². The molecule has 0 aliphatic rings. The maximum absolute atomic E-state index is 5.28. The monoisotopic (exact) mass is 1350 g/mol. The molecule has 0 spiro atoms. The van der Waals surface area contributed by atoms with E-state index in [0.29, 0.717) is 0 Å². The van der Waals surface area contributed by atoms with Gasteiger partial charge < -0.3 is 0 Å². The fourth-order valence-electron chi connectivity index (χ4n) is 15.7. The first kappa shape index (κ1) is 61.5. The summed E-state index contributed by atoms with van der Waals surface area (Å²) in [6.45, 7) is 0. The Labute approximate surface area is 611 Å². The molecule has 0 fully saturated rings. The molecule has 496 valence electrons. The summed E-state index contributed by atoms with van der Waals surface area (Å²) in [5.74, 6) is 3.46. The molecule has 0 radical (unpaired) electrons. The third-order valence-corrected chi connectivity index (χ3v) is 20.6. The summed E-state index contributed by atoms with van der Waals surface area (Å²) in [5, 5.41) is 9.97. The first-order valence-corrected chi connectivity index (χ1v) is 35.9. The van der Waals surface area contributed by atoms with E-state index in [1.807, 2.05) is 36.4 Å². The van der Waals surface area contributed by atoms with Gasteiger partial charge in [-0.1, -0.05) is 255 Å². The Morgan fingerprint density at radius 3 is 0.811 bits per heavy atom. The van der Waals surface area contributed by atoms with E-state index in [0.717, 1.165) is 118 Å². The van der Waals surface area contributed by atoms with Gasteiger partial charge in [0.1, 0.15) is 23.3 Å². The van der Waals surface area contributed by atoms with Crippen LogP contribution in [0.1, 0.15) is 0 Å². The van der Waals surface area contributed by atoms with E-state index in [-0.39, 0.29) is 0 Å². The third-order valence-electron chi connectivity index (χ3n) is 20.6. The fraction of sp³-hybridized carbons (Fsp3) is 0. The molecule has 8 nitrogen and oxygen atoms in total. The van der Waals surface area contributed by atoms with Gasteiger partial charge in [-0.2, -0.15) is 0 Å². The van der Waals surface area contributed by atoms with E-state index < -0.39 is 0 Å². The summed E-state index contributed by atoms with van der Waals surface area (Å²) >= 11 is 0. The normalized spacial score (nSPS) is 11.6. The summed E-state index contributed by atoms with van der Waals surface area (Å²) in [6.07, 6.45) is 0. The van der Waals surface area contributed by atoms with Crippen LogP contribution in [0.25, 0.3) is 189 Å². The van der Waals surface area contributed by atoms with Crippen LogP contribution < -0.4 is 0 Å². The molecule has 106 heavy (non-hydrogen) atoms. The van der Waals surface area contributed by atoms with Gasteiger partial charge in [-0.15, -0.1) is 0 Å². The lowest BCUT2D eigenvalue weighted by molar-refractivity contribution is 1.09. The molecule has 0 saturated heterocycles. The van der Waals surface area contributed by atoms with E-state index >= 15 is 0 Å². The highest BCUT2D eigenvalue weighted by molar-refractivity contribution is 6.23. The summed E-state index contributed by atoms with van der Waals surface area (Å²) in [4.78, 5) is 21.0. The lowest BCUT2D eigenvalue weighted by Crippen LogP contribution is -2.02. The Hall–Kier alpha value is -14.3. The van der Waals surface area contributed by atoms with Crippen LogP contribution in [0, 0.1) is 0 Å². The molecule has 17 aromatic carbocycles. The van der Waals surface area contributed by atoms with Crippen molar-refractivity contribution in [2.45, 2.75) is 0 Å². The molecule has 4 aromatic heterocycles. The SMILES string of the molecule is c1ccc(-n2c(-c3cc(-c4nc5ccccc5n4-c4ccccc4)cc(-c4nc5ccccc5n4-c4ccccc4)c3)nc3ccccc32)cc1.c1ccc(-n2c(-c3ccc(-c4ccc5c(-c6ccc7ccccc7c6)c6ccccc6c(-c6ccc7ccccc7c6)c5c4)cc3)nc3ccccc32)cc1. The number of hydrogen-bond acceptors (Lipinski definition) is 4. The number of nitrogens with zero attached hydrogens (tertiary/aromatic N) is 8. The topological polar surface area (TPSA) is 71.3 Å². The summed E-state index contributed by atoms with van der Waals surface area (Å²) in [6, 6.07) is 138. The van der Waals surface area contributed by atoms with Crippen LogP contribution in [-0.4, -0.2) is 38.2 Å². The number of rotatable bonds is 11. The second-order valence-electron chi connectivity index (χ2n) is 26.9. The smallest absolute Gasteiger partial charge is 0.145 e. The molecular formula is C98H64N8. The molecule has 0 bridgehead atoms. The molecule has 0 atom stereocenters. The molecular weight excluding hydrogens is 1290 g/mol. The van der Waals surface area contributed by atoms with Gasteiger partial charge in [0.05, 0.1) is 44.1 Å². The van der Waals surface area contributed by atoms with Crippen molar-refractivity contribution in [1.29, 1.82) is 0 Å². The van der Waals surface area contributed by atoms with Gasteiger partial charge in [-0.3, -0.25) is 18.3 Å². The van der Waals surface area contributed by atoms with E-state index in [1.54, 1.807) is 0 Å². The molecule has 0 aliphatic heterocycles. The first-order valence-electron chi connectivity index (χ1n) is 35.9. The van der Waals surface area contributed by atoms with Crippen molar-refractivity contribution in [3.63, 3.8) is 0 Å². The van der Waals surface area contributed by atoms with Gasteiger partial charge in [-0.25, -0.2) is 19.9 Å². The van der Waals surface area contributed by atoms with Crippen LogP contribution in [0.2, 0.25) is 0 Å². The minimum absolute atomic E-state index is 0.843. The van der Waals surface area contributed by atoms with Gasteiger partial charge >= 0.3 is 0 Å². The van der Waals surface area contributed by atoms with Crippen molar-refractivity contribution in [1.82, 2.24) is 38.2 Å². The zero-order valence-electron chi connectivity index (χ0n) is 57.5. The molecule has 21 rings (SSSR count). The van der Waals surface area contributed by atoms with Gasteiger partial charge in [0.15, 0.2) is 0 Å². The van der Waals surface area contributed by atoms with E-state index in [9.17, 15) is 0 Å². The summed E-state index contributed by atoms with van der Waals surface area (Å²) < 4.78 is 9.01. The highest BCUT2D eigenvalue weighted by Gasteiger charge is 2.25. The average molecular weight is 1350 g/mol. The second kappa shape index (κ2) is 25.9. The first-order chi connectivity index (χ1) is 52.6. The lowest BCUT2D eigenvalue weighted by Gasteiger charge is -2.19. The molecule has 0 aliphatic carbocycles. The van der Waals surface area contributed by atoms with E-state index in [4.69, 9.17) is 19.9 Å². The summed E-state index contributed by atoms with van der Waals surface area (Å²) in [5.41, 5.74) is 23.5. The minimum atomic E-state index is 0.843. The van der Waals surface area contributed by atoms with Crippen molar-refractivity contribution < 1.29 is 0 Å². The van der Waals surface area contributed by atoms with Crippen molar-refractivity contribution >= 4 is 87.2 Å². The number of fused-ring (bicyclic) bond motifs is 8. The van der Waals surface area contributed by atoms with Crippen molar-refractivity contribution in [2.75, 3.05) is 0 Å². The van der Waals surface area contributed by atoms with Gasteiger partial charge in [-0.05, 0) is 210 Å². The van der Waals surface area contributed by atoms with Gasteiger partial charge in [0, 0.05) is 45.0 Å². The Balaban J connectivity index is 0.000000141. The van der Waals surface area contributed by atoms with Crippen LogP contribution in [0.3, 0.4) is 0 Å². The predicted octanol–water partition coefficient (Wildman–Crippen LogP) is 25.0. The quantitative estimate of drug-likeness (QED) is 0.121. The molecule has 0 N–H and O–H groups in total. The van der Waals surface area contributed by atoms with E-state index in [2.05, 4.69) is 370 Å². The number of benzene rings is 17. The number of imidazole rings is 4. The maximum Gasteiger partial charge on any atom is 0.145 e.